The molecule has 2 rings (SSSR count). The molecule has 25 heavy (non-hydrogen) atoms. The molecule has 2 aromatic rings. The molecular weight excluding hydrogens is 318 g/mol. The summed E-state index contributed by atoms with van der Waals surface area (Å²) in [6.07, 6.45) is 0. The molecule has 0 aliphatic rings. The Morgan fingerprint density at radius 2 is 1.72 bits per heavy atom. The number of aryl methyl sites for hydroxylation is 2. The third kappa shape index (κ3) is 5.86. The van der Waals surface area contributed by atoms with E-state index in [2.05, 4.69) is 40.2 Å². The van der Waals surface area contributed by atoms with Gasteiger partial charge in [0.2, 0.25) is 11.9 Å². The summed E-state index contributed by atoms with van der Waals surface area (Å²) in [5.74, 6) is 2.15. The maximum atomic E-state index is 5.86. The summed E-state index contributed by atoms with van der Waals surface area (Å²) >= 11 is 0. The van der Waals surface area contributed by atoms with Gasteiger partial charge in [0.25, 0.3) is 0 Å². The number of nitrogens with zero attached hydrogens (tertiary/aromatic N) is 3. The average molecular weight is 345 g/mol. The summed E-state index contributed by atoms with van der Waals surface area (Å²) in [5.41, 5.74) is 8.15. The lowest BCUT2D eigenvalue weighted by molar-refractivity contribution is 0.181. The van der Waals surface area contributed by atoms with Crippen molar-refractivity contribution in [2.75, 3.05) is 31.4 Å². The van der Waals surface area contributed by atoms with Crippen LogP contribution in [0.2, 0.25) is 0 Å². The van der Waals surface area contributed by atoms with Crippen molar-refractivity contribution in [3.63, 3.8) is 0 Å². The minimum Gasteiger partial charge on any atom is -0.491 e. The number of nitrogens with one attached hydrogen (secondary N) is 1. The molecule has 0 bridgehead atoms. The summed E-state index contributed by atoms with van der Waals surface area (Å²) in [7, 11) is 1.65. The van der Waals surface area contributed by atoms with Crippen LogP contribution < -0.4 is 15.8 Å². The lowest BCUT2D eigenvalue weighted by Gasteiger charge is -2.17. The lowest BCUT2D eigenvalue weighted by atomic mass is 10.1. The van der Waals surface area contributed by atoms with Crippen LogP contribution in [0, 0.1) is 13.8 Å². The predicted molar refractivity (Wildman–Crippen MR) is 99.0 cm³/mol. The van der Waals surface area contributed by atoms with E-state index in [-0.39, 0.29) is 17.9 Å². The van der Waals surface area contributed by atoms with E-state index >= 15 is 0 Å². The van der Waals surface area contributed by atoms with Gasteiger partial charge in [-0.2, -0.15) is 15.0 Å². The minimum absolute atomic E-state index is 0.00759. The molecule has 2 unspecified atom stereocenters. The fourth-order valence-corrected chi connectivity index (χ4v) is 2.52. The molecule has 0 radical (unpaired) electrons. The Bertz CT molecular complexity index is 688. The first kappa shape index (κ1) is 18.9. The second-order valence-corrected chi connectivity index (χ2v) is 6.41. The van der Waals surface area contributed by atoms with Crippen LogP contribution in [-0.2, 0) is 4.74 Å². The van der Waals surface area contributed by atoms with E-state index < -0.39 is 0 Å². The van der Waals surface area contributed by atoms with Crippen molar-refractivity contribution in [2.24, 2.45) is 0 Å². The van der Waals surface area contributed by atoms with Crippen LogP contribution in [0.4, 0.5) is 11.9 Å². The van der Waals surface area contributed by atoms with Crippen LogP contribution in [0.3, 0.4) is 0 Å². The smallest absolute Gasteiger partial charge is 0.228 e. The summed E-state index contributed by atoms with van der Waals surface area (Å²) in [4.78, 5) is 12.8. The second kappa shape index (κ2) is 8.62. The van der Waals surface area contributed by atoms with Gasteiger partial charge in [-0.05, 0) is 44.0 Å². The number of nitrogens with two attached hydrogens (primary N) is 1. The highest BCUT2D eigenvalue weighted by molar-refractivity contribution is 5.34. The molecule has 2 atom stereocenters. The molecule has 136 valence electrons. The molecule has 7 nitrogen and oxygen atoms in total. The number of anilines is 2. The zero-order valence-electron chi connectivity index (χ0n) is 15.5. The summed E-state index contributed by atoms with van der Waals surface area (Å²) in [6.45, 7) is 9.09. The Balaban J connectivity index is 1.98. The largest absolute Gasteiger partial charge is 0.491 e. The zero-order valence-corrected chi connectivity index (χ0v) is 15.5. The van der Waals surface area contributed by atoms with E-state index in [0.29, 0.717) is 25.0 Å². The number of rotatable bonds is 8. The molecule has 1 aromatic carbocycles. The molecule has 0 saturated carbocycles. The molecule has 3 N–H and O–H groups in total. The number of hydrogen-bond donors (Lipinski definition) is 2. The standard InChI is InChI=1S/C18H27N5O2/c1-11-6-12(2)8-15(7-11)25-10-14(4)20-18-22-16(13(3)9-24-5)21-17(19)23-18/h6-8,13-14H,9-10H2,1-5H3,(H3,19,20,21,22,23). The molecule has 0 fully saturated rings. The van der Waals surface area contributed by atoms with Gasteiger partial charge in [0, 0.05) is 13.0 Å². The first-order chi connectivity index (χ1) is 11.9. The van der Waals surface area contributed by atoms with Gasteiger partial charge in [-0.3, -0.25) is 0 Å². The fraction of sp³-hybridized carbons (Fsp3) is 0.500. The molecular formula is C18H27N5O2. The second-order valence-electron chi connectivity index (χ2n) is 6.41. The summed E-state index contributed by atoms with van der Waals surface area (Å²) < 4.78 is 11.0. The van der Waals surface area contributed by atoms with Crippen LogP contribution in [-0.4, -0.2) is 41.3 Å². The quantitative estimate of drug-likeness (QED) is 0.759. The SMILES string of the molecule is COCC(C)c1nc(N)nc(NC(C)COc2cc(C)cc(C)c2)n1. The number of benzene rings is 1. The first-order valence-electron chi connectivity index (χ1n) is 8.35. The van der Waals surface area contributed by atoms with Crippen molar-refractivity contribution < 1.29 is 9.47 Å². The molecule has 0 saturated heterocycles. The average Bonchev–Trinajstić information content (AvgIpc) is 2.51. The number of hydrogen-bond acceptors (Lipinski definition) is 7. The third-order valence-corrected chi connectivity index (χ3v) is 3.60. The van der Waals surface area contributed by atoms with Gasteiger partial charge in [-0.25, -0.2) is 0 Å². The van der Waals surface area contributed by atoms with Gasteiger partial charge in [0.15, 0.2) is 0 Å². The highest BCUT2D eigenvalue weighted by Crippen LogP contribution is 2.17. The highest BCUT2D eigenvalue weighted by atomic mass is 16.5. The van der Waals surface area contributed by atoms with E-state index in [0.717, 1.165) is 5.75 Å². The number of nitrogen functional groups attached to an aromatic ring is 1. The minimum atomic E-state index is 0.00759. The van der Waals surface area contributed by atoms with E-state index in [1.54, 1.807) is 7.11 Å². The summed E-state index contributed by atoms with van der Waals surface area (Å²) in [5, 5.41) is 3.21. The first-order valence-corrected chi connectivity index (χ1v) is 8.35. The number of ether oxygens (including phenoxy) is 2. The van der Waals surface area contributed by atoms with Crippen molar-refractivity contribution in [1.82, 2.24) is 15.0 Å². The highest BCUT2D eigenvalue weighted by Gasteiger charge is 2.13. The van der Waals surface area contributed by atoms with Gasteiger partial charge in [0.1, 0.15) is 18.2 Å². The van der Waals surface area contributed by atoms with Crippen molar-refractivity contribution in [3.05, 3.63) is 35.2 Å². The van der Waals surface area contributed by atoms with E-state index in [9.17, 15) is 0 Å². The molecule has 1 aromatic heterocycles. The van der Waals surface area contributed by atoms with Gasteiger partial charge in [-0.1, -0.05) is 13.0 Å². The van der Waals surface area contributed by atoms with Crippen molar-refractivity contribution in [3.8, 4) is 5.75 Å². The summed E-state index contributed by atoms with van der Waals surface area (Å²) in [6, 6.07) is 6.16. The van der Waals surface area contributed by atoms with Crippen LogP contribution in [0.1, 0.15) is 36.7 Å². The van der Waals surface area contributed by atoms with Gasteiger partial charge < -0.3 is 20.5 Å². The Labute approximate surface area is 149 Å². The van der Waals surface area contributed by atoms with E-state index in [4.69, 9.17) is 15.2 Å². The Hall–Kier alpha value is -2.41. The van der Waals surface area contributed by atoms with Gasteiger partial charge in [-0.15, -0.1) is 0 Å². The van der Waals surface area contributed by atoms with E-state index in [1.165, 1.54) is 11.1 Å². The Morgan fingerprint density at radius 3 is 2.36 bits per heavy atom. The third-order valence-electron chi connectivity index (χ3n) is 3.60. The van der Waals surface area contributed by atoms with Crippen LogP contribution in [0.25, 0.3) is 0 Å². The Kier molecular flexibility index (Phi) is 6.52. The van der Waals surface area contributed by atoms with Crippen molar-refractivity contribution in [2.45, 2.75) is 39.7 Å². The molecule has 0 amide bonds. The van der Waals surface area contributed by atoms with Crippen LogP contribution >= 0.6 is 0 Å². The molecule has 0 aliphatic carbocycles. The van der Waals surface area contributed by atoms with Crippen LogP contribution in [0.15, 0.2) is 18.2 Å². The maximum absolute atomic E-state index is 5.86. The molecule has 7 heteroatoms. The lowest BCUT2D eigenvalue weighted by Crippen LogP contribution is -2.25. The monoisotopic (exact) mass is 345 g/mol. The molecule has 0 spiro atoms. The number of methoxy groups -OCH3 is 1. The van der Waals surface area contributed by atoms with Crippen LogP contribution in [0.5, 0.6) is 5.75 Å². The Morgan fingerprint density at radius 1 is 1.04 bits per heavy atom. The van der Waals surface area contributed by atoms with E-state index in [1.807, 2.05) is 26.0 Å². The number of aromatic nitrogens is 3. The normalized spacial score (nSPS) is 13.3. The zero-order chi connectivity index (χ0) is 18.4. The van der Waals surface area contributed by atoms with Crippen molar-refractivity contribution >= 4 is 11.9 Å². The molecule has 0 aliphatic heterocycles. The van der Waals surface area contributed by atoms with Gasteiger partial charge >= 0.3 is 0 Å². The topological polar surface area (TPSA) is 95.2 Å². The van der Waals surface area contributed by atoms with Crippen molar-refractivity contribution in [1.29, 1.82) is 0 Å². The molecule has 1 heterocycles. The predicted octanol–water partition coefficient (Wildman–Crippen LogP) is 2.70. The fourth-order valence-electron chi connectivity index (χ4n) is 2.52. The van der Waals surface area contributed by atoms with Gasteiger partial charge in [0.05, 0.1) is 12.6 Å². The maximum Gasteiger partial charge on any atom is 0.228 e.